The van der Waals surface area contributed by atoms with E-state index in [2.05, 4.69) is 18.3 Å². The van der Waals surface area contributed by atoms with Crippen LogP contribution in [0.15, 0.2) is 42.5 Å². The fourth-order valence-electron chi connectivity index (χ4n) is 2.24. The summed E-state index contributed by atoms with van der Waals surface area (Å²) in [6, 6.07) is 13.8. The van der Waals surface area contributed by atoms with Crippen LogP contribution < -0.4 is 10.1 Å². The van der Waals surface area contributed by atoms with Gasteiger partial charge in [-0.25, -0.2) is 0 Å². The highest BCUT2D eigenvalue weighted by atomic mass is 35.5. The minimum atomic E-state index is 0.112. The first-order chi connectivity index (χ1) is 10.1. The molecular weight excluding hydrogens is 305 g/mol. The second-order valence-corrected chi connectivity index (χ2v) is 5.72. The van der Waals surface area contributed by atoms with E-state index in [0.717, 1.165) is 17.7 Å². The predicted octanol–water partition coefficient (Wildman–Crippen LogP) is 5.03. The van der Waals surface area contributed by atoms with Gasteiger partial charge in [-0.15, -0.1) is 0 Å². The van der Waals surface area contributed by atoms with Crippen molar-refractivity contribution in [3.63, 3.8) is 0 Å². The van der Waals surface area contributed by atoms with Gasteiger partial charge in [0.2, 0.25) is 0 Å². The zero-order chi connectivity index (χ0) is 15.2. The Labute approximate surface area is 136 Å². The van der Waals surface area contributed by atoms with Crippen LogP contribution in [0.1, 0.15) is 23.6 Å². The molecule has 0 aromatic heterocycles. The molecule has 4 heteroatoms. The summed E-state index contributed by atoms with van der Waals surface area (Å²) in [6.07, 6.45) is 0.810. The molecule has 0 radical (unpaired) electrons. The Morgan fingerprint density at radius 3 is 2.62 bits per heavy atom. The molecule has 0 fully saturated rings. The summed E-state index contributed by atoms with van der Waals surface area (Å²) in [5, 5.41) is 4.44. The number of halogens is 2. The monoisotopic (exact) mass is 323 g/mol. The minimum Gasteiger partial charge on any atom is -0.494 e. The molecule has 0 aliphatic carbocycles. The van der Waals surface area contributed by atoms with Crippen molar-refractivity contribution in [3.05, 3.63) is 63.6 Å². The van der Waals surface area contributed by atoms with Crippen molar-refractivity contribution in [2.45, 2.75) is 19.4 Å². The van der Waals surface area contributed by atoms with Crippen molar-refractivity contribution in [1.29, 1.82) is 0 Å². The topological polar surface area (TPSA) is 21.3 Å². The van der Waals surface area contributed by atoms with Gasteiger partial charge in [-0.3, -0.25) is 0 Å². The number of aryl methyl sites for hydroxylation is 1. The van der Waals surface area contributed by atoms with Crippen molar-refractivity contribution in [2.75, 3.05) is 13.7 Å². The van der Waals surface area contributed by atoms with Gasteiger partial charge in [0.05, 0.1) is 16.7 Å². The first-order valence-electron chi connectivity index (χ1n) is 6.92. The normalized spacial score (nSPS) is 12.2. The summed E-state index contributed by atoms with van der Waals surface area (Å²) in [5.74, 6) is 0.891. The number of hydrogen-bond acceptors (Lipinski definition) is 2. The highest BCUT2D eigenvalue weighted by molar-refractivity contribution is 6.42. The predicted molar refractivity (Wildman–Crippen MR) is 89.6 cm³/mol. The maximum absolute atomic E-state index is 6.27. The van der Waals surface area contributed by atoms with Gasteiger partial charge in [0.15, 0.2) is 0 Å². The van der Waals surface area contributed by atoms with Crippen LogP contribution in [0, 0.1) is 6.92 Å². The summed E-state index contributed by atoms with van der Waals surface area (Å²) in [4.78, 5) is 0. The average Bonchev–Trinajstić information content (AvgIpc) is 2.47. The fourth-order valence-corrected chi connectivity index (χ4v) is 2.68. The Morgan fingerprint density at radius 2 is 1.90 bits per heavy atom. The molecule has 0 amide bonds. The average molecular weight is 324 g/mol. The molecule has 1 N–H and O–H groups in total. The molecule has 1 unspecified atom stereocenters. The molecule has 0 heterocycles. The van der Waals surface area contributed by atoms with Gasteiger partial charge in [-0.1, -0.05) is 47.5 Å². The molecule has 0 bridgehead atoms. The third kappa shape index (κ3) is 4.37. The summed E-state index contributed by atoms with van der Waals surface area (Å²) >= 11 is 12.3. The lowest BCUT2D eigenvalue weighted by Gasteiger charge is -2.19. The van der Waals surface area contributed by atoms with Crippen molar-refractivity contribution in [3.8, 4) is 5.75 Å². The van der Waals surface area contributed by atoms with Crippen LogP contribution >= 0.6 is 23.2 Å². The second kappa shape index (κ2) is 7.69. The number of nitrogens with one attached hydrogen (secondary N) is 1. The summed E-state index contributed by atoms with van der Waals surface area (Å²) < 4.78 is 5.79. The summed E-state index contributed by atoms with van der Waals surface area (Å²) in [5.41, 5.74) is 2.19. The van der Waals surface area contributed by atoms with Gasteiger partial charge in [0.1, 0.15) is 5.75 Å². The highest BCUT2D eigenvalue weighted by Gasteiger charge is 2.14. The molecule has 0 aliphatic rings. The van der Waals surface area contributed by atoms with E-state index in [1.165, 1.54) is 5.56 Å². The van der Waals surface area contributed by atoms with Crippen LogP contribution in [0.4, 0.5) is 0 Å². The molecule has 0 aliphatic heterocycles. The summed E-state index contributed by atoms with van der Waals surface area (Å²) in [6.45, 7) is 2.66. The van der Waals surface area contributed by atoms with Crippen molar-refractivity contribution >= 4 is 23.2 Å². The van der Waals surface area contributed by atoms with Crippen molar-refractivity contribution in [1.82, 2.24) is 5.32 Å². The van der Waals surface area contributed by atoms with E-state index < -0.39 is 0 Å². The fraction of sp³-hybridized carbons (Fsp3) is 0.294. The van der Waals surface area contributed by atoms with Crippen LogP contribution in [-0.2, 0) is 0 Å². The van der Waals surface area contributed by atoms with Crippen molar-refractivity contribution < 1.29 is 4.74 Å². The van der Waals surface area contributed by atoms with Gasteiger partial charge < -0.3 is 10.1 Å². The molecule has 112 valence electrons. The highest BCUT2D eigenvalue weighted by Crippen LogP contribution is 2.31. The Morgan fingerprint density at radius 1 is 1.14 bits per heavy atom. The zero-order valence-corrected chi connectivity index (χ0v) is 13.7. The van der Waals surface area contributed by atoms with Gasteiger partial charge in [-0.2, -0.15) is 0 Å². The molecule has 1 atom stereocenters. The van der Waals surface area contributed by atoms with E-state index in [9.17, 15) is 0 Å². The lowest BCUT2D eigenvalue weighted by Crippen LogP contribution is -2.19. The molecule has 2 aromatic rings. The Balaban J connectivity index is 1.98. The van der Waals surface area contributed by atoms with Crippen LogP contribution in [0.5, 0.6) is 5.75 Å². The largest absolute Gasteiger partial charge is 0.494 e. The Hall–Kier alpha value is -1.22. The second-order valence-electron chi connectivity index (χ2n) is 4.94. The first-order valence-corrected chi connectivity index (χ1v) is 7.68. The molecule has 21 heavy (non-hydrogen) atoms. The van der Waals surface area contributed by atoms with E-state index in [0.29, 0.717) is 16.7 Å². The molecule has 0 saturated carbocycles. The smallest absolute Gasteiger partial charge is 0.119 e. The number of rotatable bonds is 6. The van der Waals surface area contributed by atoms with E-state index in [-0.39, 0.29) is 6.04 Å². The molecular formula is C17H19Cl2NO. The standard InChI is InChI=1S/C17H19Cl2NO/c1-12-5-3-6-13(11-12)21-10-9-16(20-2)14-7-4-8-15(18)17(14)19/h3-8,11,16,20H,9-10H2,1-2H3. The molecule has 2 aromatic carbocycles. The zero-order valence-electron chi connectivity index (χ0n) is 12.2. The lowest BCUT2D eigenvalue weighted by atomic mass is 10.0. The van der Waals surface area contributed by atoms with E-state index in [1.807, 2.05) is 37.4 Å². The molecule has 2 nitrogen and oxygen atoms in total. The van der Waals surface area contributed by atoms with Crippen LogP contribution in [-0.4, -0.2) is 13.7 Å². The molecule has 2 rings (SSSR count). The maximum Gasteiger partial charge on any atom is 0.119 e. The number of ether oxygens (including phenoxy) is 1. The van der Waals surface area contributed by atoms with Crippen LogP contribution in [0.25, 0.3) is 0 Å². The molecule has 0 saturated heterocycles. The SMILES string of the molecule is CNC(CCOc1cccc(C)c1)c1cccc(Cl)c1Cl. The summed E-state index contributed by atoms with van der Waals surface area (Å²) in [7, 11) is 1.91. The van der Waals surface area contributed by atoms with Crippen molar-refractivity contribution in [2.24, 2.45) is 0 Å². The van der Waals surface area contributed by atoms with E-state index >= 15 is 0 Å². The Kier molecular flexibility index (Phi) is 5.92. The number of hydrogen-bond donors (Lipinski definition) is 1. The quantitative estimate of drug-likeness (QED) is 0.804. The van der Waals surface area contributed by atoms with Gasteiger partial charge in [0.25, 0.3) is 0 Å². The van der Waals surface area contributed by atoms with Gasteiger partial charge in [-0.05, 0) is 43.3 Å². The first kappa shape index (κ1) is 16.2. The van der Waals surface area contributed by atoms with E-state index in [1.54, 1.807) is 6.07 Å². The lowest BCUT2D eigenvalue weighted by molar-refractivity contribution is 0.290. The maximum atomic E-state index is 6.27. The third-order valence-corrected chi connectivity index (χ3v) is 4.20. The van der Waals surface area contributed by atoms with Gasteiger partial charge in [0, 0.05) is 12.5 Å². The van der Waals surface area contributed by atoms with Crippen LogP contribution in [0.2, 0.25) is 10.0 Å². The van der Waals surface area contributed by atoms with E-state index in [4.69, 9.17) is 27.9 Å². The van der Waals surface area contributed by atoms with Crippen LogP contribution in [0.3, 0.4) is 0 Å². The van der Waals surface area contributed by atoms with Gasteiger partial charge >= 0.3 is 0 Å². The number of benzene rings is 2. The third-order valence-electron chi connectivity index (χ3n) is 3.37. The minimum absolute atomic E-state index is 0.112. The Bertz CT molecular complexity index is 601. The molecule has 0 spiro atoms.